The number of piperidine rings is 2. The van der Waals surface area contributed by atoms with E-state index in [-0.39, 0.29) is 44.4 Å². The Morgan fingerprint density at radius 2 is 1.20 bits per heavy atom. The Hall–Kier alpha value is -4.32. The van der Waals surface area contributed by atoms with Crippen molar-refractivity contribution in [2.24, 2.45) is 11.8 Å². The average molecular weight is 725 g/mol. The molecule has 0 spiro atoms. The third kappa shape index (κ3) is 7.95. The summed E-state index contributed by atoms with van der Waals surface area (Å²) in [4.78, 5) is 81.1. The lowest BCUT2D eigenvalue weighted by Crippen LogP contribution is -2.51. The Morgan fingerprint density at radius 3 is 1.71 bits per heavy atom. The molecule has 3 N–H and O–H groups in total. The van der Waals surface area contributed by atoms with Gasteiger partial charge < -0.3 is 20.4 Å². The number of ketones is 2. The van der Waals surface area contributed by atoms with Gasteiger partial charge in [-0.1, -0.05) is 30.3 Å². The molecule has 278 valence electrons. The number of amides is 6. The molecule has 4 aliphatic heterocycles. The Bertz CT molecular complexity index is 1540. The van der Waals surface area contributed by atoms with Crippen LogP contribution in [0.25, 0.3) is 0 Å². The molecule has 4 atom stereocenters. The highest BCUT2D eigenvalue weighted by Gasteiger charge is 2.51. The minimum absolute atomic E-state index is 0.117. The summed E-state index contributed by atoms with van der Waals surface area (Å²) in [5.74, 6) is -8.65. The van der Waals surface area contributed by atoms with Crippen molar-refractivity contribution in [3.63, 3.8) is 0 Å². The van der Waals surface area contributed by atoms with Crippen molar-refractivity contribution < 1.29 is 56.4 Å². The Morgan fingerprint density at radius 1 is 0.725 bits per heavy atom. The second-order valence-electron chi connectivity index (χ2n) is 14.1. The molecule has 51 heavy (non-hydrogen) atoms. The normalized spacial score (nSPS) is 27.6. The van der Waals surface area contributed by atoms with Gasteiger partial charge in [0.05, 0.1) is 25.2 Å². The highest BCUT2D eigenvalue weighted by molar-refractivity contribution is 5.93. The third-order valence-electron chi connectivity index (χ3n) is 10.5. The third-order valence-corrected chi connectivity index (χ3v) is 10.5. The first kappa shape index (κ1) is 36.5. The van der Waals surface area contributed by atoms with Crippen LogP contribution in [0, 0.1) is 11.8 Å². The van der Waals surface area contributed by atoms with E-state index >= 15 is 0 Å². The minimum atomic E-state index is -2.77. The molecule has 6 amide bonds. The van der Waals surface area contributed by atoms with Gasteiger partial charge in [0, 0.05) is 50.6 Å². The van der Waals surface area contributed by atoms with E-state index in [1.165, 1.54) is 14.9 Å². The van der Waals surface area contributed by atoms with E-state index in [1.807, 2.05) is 30.3 Å². The summed E-state index contributed by atoms with van der Waals surface area (Å²) in [6.07, 6.45) is 0.139. The summed E-state index contributed by atoms with van der Waals surface area (Å²) in [6.45, 7) is 0.333. The molecule has 0 aromatic heterocycles. The van der Waals surface area contributed by atoms with E-state index in [2.05, 4.69) is 10.6 Å². The lowest BCUT2D eigenvalue weighted by Gasteiger charge is -2.34. The van der Waals surface area contributed by atoms with Gasteiger partial charge >= 0.3 is 12.1 Å². The lowest BCUT2D eigenvalue weighted by atomic mass is 9.78. The quantitative estimate of drug-likeness (QED) is 0.231. The smallest absolute Gasteiger partial charge is 0.345 e. The number of hydrogen-bond donors (Lipinski definition) is 3. The van der Waals surface area contributed by atoms with Gasteiger partial charge in [-0.15, -0.1) is 0 Å². The molecule has 4 heterocycles. The summed E-state index contributed by atoms with van der Waals surface area (Å²) in [6, 6.07) is 6.67. The number of urea groups is 2. The molecule has 0 radical (unpaired) electrons. The molecule has 2 aliphatic carbocycles. The first-order valence-electron chi connectivity index (χ1n) is 17.0. The number of nitrogens with zero attached hydrogens (tertiary/aromatic N) is 4. The van der Waals surface area contributed by atoms with E-state index in [4.69, 9.17) is 4.84 Å². The first-order valence-corrected chi connectivity index (χ1v) is 17.0. The van der Waals surface area contributed by atoms with Crippen LogP contribution in [-0.2, 0) is 30.6 Å². The topological polar surface area (TPSA) is 169 Å². The van der Waals surface area contributed by atoms with Crippen LogP contribution < -0.4 is 10.6 Å². The molecular weight excluding hydrogens is 684 g/mol. The predicted octanol–water partition coefficient (Wildman–Crippen LogP) is 2.49. The van der Waals surface area contributed by atoms with E-state index < -0.39 is 90.9 Å². The molecule has 6 aliphatic rings. The van der Waals surface area contributed by atoms with Gasteiger partial charge in [0.2, 0.25) is 23.7 Å². The van der Waals surface area contributed by atoms with Gasteiger partial charge in [-0.25, -0.2) is 32.2 Å². The molecular formula is C33H40F4N6O8. The molecule has 4 bridgehead atoms. The van der Waals surface area contributed by atoms with Crippen molar-refractivity contribution in [3.8, 4) is 0 Å². The first-order chi connectivity index (χ1) is 24.1. The van der Waals surface area contributed by atoms with Crippen LogP contribution in [0.3, 0.4) is 0 Å². The van der Waals surface area contributed by atoms with Crippen LogP contribution in [0.15, 0.2) is 30.3 Å². The zero-order chi connectivity index (χ0) is 36.7. The van der Waals surface area contributed by atoms with Gasteiger partial charge in [0.15, 0.2) is 11.6 Å². The van der Waals surface area contributed by atoms with Crippen molar-refractivity contribution in [1.82, 2.24) is 30.6 Å². The Balaban J connectivity index is 0.000000183. The number of nitrogens with one attached hydrogen (secondary N) is 2. The van der Waals surface area contributed by atoms with Gasteiger partial charge in [-0.2, -0.15) is 5.06 Å². The fourth-order valence-corrected chi connectivity index (χ4v) is 7.36. The molecule has 4 saturated heterocycles. The van der Waals surface area contributed by atoms with Crippen molar-refractivity contribution in [2.45, 2.75) is 94.0 Å². The largest absolute Gasteiger partial charge is 0.347 e. The number of carbonyl (C=O) groups excluding carboxylic acids is 6. The number of alkyl halides is 4. The highest BCUT2D eigenvalue weighted by Crippen LogP contribution is 2.43. The van der Waals surface area contributed by atoms with E-state index in [1.54, 1.807) is 0 Å². The summed E-state index contributed by atoms with van der Waals surface area (Å²) in [7, 11) is 0. The number of benzene rings is 1. The molecule has 0 unspecified atom stereocenters. The maximum Gasteiger partial charge on any atom is 0.345 e. The minimum Gasteiger partial charge on any atom is -0.347 e. The van der Waals surface area contributed by atoms with Crippen LogP contribution in [0.1, 0.15) is 56.9 Å². The number of Topliss-reactive ketones (excluding diaryl/α,β-unsaturated/α-hetero) is 2. The summed E-state index contributed by atoms with van der Waals surface area (Å²) in [5.41, 5.74) is 0.936. The number of hydroxylamine groups is 4. The fraction of sp³-hybridized carbons (Fsp3) is 0.636. The van der Waals surface area contributed by atoms with Crippen LogP contribution in [0.4, 0.5) is 27.2 Å². The van der Waals surface area contributed by atoms with E-state index in [0.717, 1.165) is 5.56 Å². The maximum absolute atomic E-state index is 12.9. The standard InChI is InChI=1S/C20H23F2N3O4.C13H17F2N3O4/c21-20(22)8-14(9-20)17(26)10-23-18(27)16-7-6-15-11-24(16)19(28)25(15)29-12-13-4-2-1-3-5-13;14-13(15)3-7(4-13)10(19)5-16-11(20)9-2-1-8-6-17(9)12(21)18(8)22/h1-5,14-16H,6-12H2,(H,23,27);7-9,22H,1-6H2,(H,16,20)/t15-,16+;8-,9+/m11/s1. The van der Waals surface area contributed by atoms with Crippen molar-refractivity contribution >= 4 is 35.4 Å². The number of rotatable bonds is 11. The Labute approximate surface area is 290 Å². The number of fused-ring (bicyclic) bond motifs is 4. The molecule has 2 saturated carbocycles. The molecule has 1 aromatic carbocycles. The number of halogens is 4. The molecule has 1 aromatic rings. The average Bonchev–Trinajstić information content (AvgIpc) is 3.45. The fourth-order valence-electron chi connectivity index (χ4n) is 7.36. The van der Waals surface area contributed by atoms with Crippen LogP contribution in [-0.4, -0.2) is 123 Å². The van der Waals surface area contributed by atoms with Gasteiger partial charge in [-0.3, -0.25) is 29.2 Å². The molecule has 18 heteroatoms. The van der Waals surface area contributed by atoms with E-state index in [0.29, 0.717) is 37.3 Å². The van der Waals surface area contributed by atoms with Gasteiger partial charge in [0.25, 0.3) is 0 Å². The van der Waals surface area contributed by atoms with Crippen molar-refractivity contribution in [2.75, 3.05) is 26.2 Å². The van der Waals surface area contributed by atoms with Crippen LogP contribution in [0.5, 0.6) is 0 Å². The predicted molar refractivity (Wildman–Crippen MR) is 166 cm³/mol. The van der Waals surface area contributed by atoms with Crippen LogP contribution in [0.2, 0.25) is 0 Å². The van der Waals surface area contributed by atoms with Gasteiger partial charge in [0.1, 0.15) is 18.7 Å². The maximum atomic E-state index is 12.9. The molecule has 14 nitrogen and oxygen atoms in total. The molecule has 7 rings (SSSR count). The SMILES string of the molecule is O=C(CNC(=O)[C@@H]1CC[C@@H]2CN1C(=O)N2O)C1CC(F)(F)C1.O=C(CNC(=O)[C@@H]1CC[C@@H]2CN1C(=O)N2OCc1ccccc1)C1CC(F)(F)C1. The second kappa shape index (κ2) is 14.4. The van der Waals surface area contributed by atoms with Gasteiger partial charge in [-0.05, 0) is 31.2 Å². The van der Waals surface area contributed by atoms with E-state index in [9.17, 15) is 51.5 Å². The second-order valence-corrected chi connectivity index (χ2v) is 14.1. The summed E-state index contributed by atoms with van der Waals surface area (Å²) in [5, 5.41) is 16.4. The molecule has 6 fully saturated rings. The number of hydrogen-bond acceptors (Lipinski definition) is 8. The zero-order valence-corrected chi connectivity index (χ0v) is 27.6. The Kier molecular flexibility index (Phi) is 10.3. The monoisotopic (exact) mass is 724 g/mol. The lowest BCUT2D eigenvalue weighted by molar-refractivity contribution is -0.148. The summed E-state index contributed by atoms with van der Waals surface area (Å²) < 4.78 is 51.2. The zero-order valence-electron chi connectivity index (χ0n) is 27.6. The van der Waals surface area contributed by atoms with Crippen molar-refractivity contribution in [1.29, 1.82) is 0 Å². The number of carbonyl (C=O) groups is 6. The van der Waals surface area contributed by atoms with Crippen molar-refractivity contribution in [3.05, 3.63) is 35.9 Å². The van der Waals surface area contributed by atoms with Crippen LogP contribution >= 0.6 is 0 Å². The highest BCUT2D eigenvalue weighted by atomic mass is 19.3. The summed E-state index contributed by atoms with van der Waals surface area (Å²) >= 11 is 0.